The minimum atomic E-state index is 0.101. The second-order valence-electron chi connectivity index (χ2n) is 3.46. The molecule has 2 nitrogen and oxygen atoms in total. The predicted molar refractivity (Wildman–Crippen MR) is 68.7 cm³/mol. The zero-order chi connectivity index (χ0) is 12.0. The second kappa shape index (κ2) is 6.28. The van der Waals surface area contributed by atoms with E-state index in [2.05, 4.69) is 0 Å². The number of hydrogen-bond acceptors (Lipinski definition) is 3. The highest BCUT2D eigenvalue weighted by Crippen LogP contribution is 2.12. The summed E-state index contributed by atoms with van der Waals surface area (Å²) < 4.78 is 0. The van der Waals surface area contributed by atoms with Crippen LogP contribution in [-0.2, 0) is 4.79 Å². The fraction of sp³-hybridized carbons (Fsp3) is 0.231. The molecule has 0 aliphatic carbocycles. The Labute approximate surface area is 99.7 Å². The Hall–Kier alpha value is -1.35. The van der Waals surface area contributed by atoms with Gasteiger partial charge in [0.1, 0.15) is 0 Å². The van der Waals surface area contributed by atoms with E-state index in [1.807, 2.05) is 31.2 Å². The van der Waals surface area contributed by atoms with Crippen LogP contribution in [0.3, 0.4) is 0 Å². The third-order valence-electron chi connectivity index (χ3n) is 2.05. The Kier molecular flexibility index (Phi) is 4.99. The highest BCUT2D eigenvalue weighted by atomic mass is 32.2. The Morgan fingerprint density at radius 2 is 2.12 bits per heavy atom. The molecule has 0 unspecified atom stereocenters. The van der Waals surface area contributed by atoms with Gasteiger partial charge in [-0.05, 0) is 12.5 Å². The molecule has 0 amide bonds. The zero-order valence-electron chi connectivity index (χ0n) is 9.40. The van der Waals surface area contributed by atoms with Gasteiger partial charge in [0.05, 0.1) is 0 Å². The Morgan fingerprint density at radius 1 is 1.38 bits per heavy atom. The van der Waals surface area contributed by atoms with Gasteiger partial charge in [-0.25, -0.2) is 0 Å². The number of thioether (sulfide) groups is 1. The predicted octanol–water partition coefficient (Wildman–Crippen LogP) is 3.10. The Bertz CT molecular complexity index is 422. The molecule has 16 heavy (non-hydrogen) atoms. The van der Waals surface area contributed by atoms with E-state index in [1.54, 1.807) is 13.0 Å². The summed E-state index contributed by atoms with van der Waals surface area (Å²) in [4.78, 5) is 21.5. The molecule has 1 aromatic rings. The first-order valence-corrected chi connectivity index (χ1v) is 5.98. The van der Waals surface area contributed by atoms with Crippen LogP contribution in [0.2, 0.25) is 0 Å². The summed E-state index contributed by atoms with van der Waals surface area (Å²) >= 11 is 1.25. The van der Waals surface area contributed by atoms with Gasteiger partial charge < -0.3 is 0 Å². The number of aldehydes is 1. The van der Waals surface area contributed by atoms with E-state index in [9.17, 15) is 9.59 Å². The molecule has 0 aromatic heterocycles. The summed E-state index contributed by atoms with van der Waals surface area (Å²) in [7, 11) is 0. The SMILES string of the molecule is CC(=O)SCC=Cc1cc(C)ccc1C=O. The maximum atomic E-state index is 10.8. The van der Waals surface area contributed by atoms with Gasteiger partial charge in [-0.15, -0.1) is 0 Å². The topological polar surface area (TPSA) is 34.1 Å². The van der Waals surface area contributed by atoms with Crippen molar-refractivity contribution >= 4 is 29.2 Å². The van der Waals surface area contributed by atoms with Gasteiger partial charge in [0.2, 0.25) is 0 Å². The lowest BCUT2D eigenvalue weighted by Crippen LogP contribution is -1.87. The summed E-state index contributed by atoms with van der Waals surface area (Å²) in [6, 6.07) is 5.67. The largest absolute Gasteiger partial charge is 0.298 e. The molecule has 0 saturated carbocycles. The molecule has 1 aromatic carbocycles. The molecular weight excluding hydrogens is 220 g/mol. The van der Waals surface area contributed by atoms with E-state index in [-0.39, 0.29) is 5.12 Å². The van der Waals surface area contributed by atoms with Crippen LogP contribution < -0.4 is 0 Å². The number of aryl methyl sites for hydroxylation is 1. The van der Waals surface area contributed by atoms with E-state index in [4.69, 9.17) is 0 Å². The molecule has 0 aliphatic heterocycles. The van der Waals surface area contributed by atoms with Crippen LogP contribution in [0, 0.1) is 6.92 Å². The van der Waals surface area contributed by atoms with Crippen LogP contribution in [0.15, 0.2) is 24.3 Å². The van der Waals surface area contributed by atoms with Gasteiger partial charge in [-0.1, -0.05) is 47.7 Å². The quantitative estimate of drug-likeness (QED) is 0.751. The first-order chi connectivity index (χ1) is 7.63. The van der Waals surface area contributed by atoms with Gasteiger partial charge in [0.15, 0.2) is 11.4 Å². The van der Waals surface area contributed by atoms with E-state index < -0.39 is 0 Å². The average molecular weight is 234 g/mol. The first kappa shape index (κ1) is 12.7. The highest BCUT2D eigenvalue weighted by molar-refractivity contribution is 8.13. The molecule has 0 bridgehead atoms. The summed E-state index contributed by atoms with van der Waals surface area (Å²) in [6.07, 6.45) is 4.62. The van der Waals surface area contributed by atoms with E-state index in [1.165, 1.54) is 11.8 Å². The normalized spacial score (nSPS) is 10.6. The molecule has 0 radical (unpaired) electrons. The van der Waals surface area contributed by atoms with E-state index >= 15 is 0 Å². The van der Waals surface area contributed by atoms with Gasteiger partial charge in [-0.2, -0.15) is 0 Å². The average Bonchev–Trinajstić information content (AvgIpc) is 2.24. The highest BCUT2D eigenvalue weighted by Gasteiger charge is 1.98. The van der Waals surface area contributed by atoms with Crippen molar-refractivity contribution in [3.63, 3.8) is 0 Å². The van der Waals surface area contributed by atoms with Crippen molar-refractivity contribution in [3.05, 3.63) is 41.0 Å². The molecule has 0 atom stereocenters. The molecule has 0 aliphatic rings. The summed E-state index contributed by atoms with van der Waals surface area (Å²) in [5.41, 5.74) is 2.69. The lowest BCUT2D eigenvalue weighted by Gasteiger charge is -2.00. The van der Waals surface area contributed by atoms with Crippen molar-refractivity contribution in [1.29, 1.82) is 0 Å². The van der Waals surface area contributed by atoms with Crippen molar-refractivity contribution in [1.82, 2.24) is 0 Å². The van der Waals surface area contributed by atoms with Gasteiger partial charge in [0.25, 0.3) is 0 Å². The number of hydrogen-bond donors (Lipinski definition) is 0. The minimum absolute atomic E-state index is 0.101. The van der Waals surface area contributed by atoms with Crippen LogP contribution in [0.25, 0.3) is 6.08 Å². The molecule has 0 saturated heterocycles. The van der Waals surface area contributed by atoms with Crippen molar-refractivity contribution < 1.29 is 9.59 Å². The van der Waals surface area contributed by atoms with Crippen LogP contribution in [0.5, 0.6) is 0 Å². The lowest BCUT2D eigenvalue weighted by molar-refractivity contribution is -0.109. The number of carbonyl (C=O) groups is 2. The van der Waals surface area contributed by atoms with E-state index in [0.717, 1.165) is 17.4 Å². The van der Waals surface area contributed by atoms with Crippen molar-refractivity contribution in [2.75, 3.05) is 5.75 Å². The Morgan fingerprint density at radius 3 is 2.75 bits per heavy atom. The molecule has 0 heterocycles. The van der Waals surface area contributed by atoms with Crippen LogP contribution in [0.1, 0.15) is 28.4 Å². The first-order valence-electron chi connectivity index (χ1n) is 4.99. The molecular formula is C13H14O2S. The summed E-state index contributed by atoms with van der Waals surface area (Å²) in [6.45, 7) is 3.53. The molecule has 1 rings (SSSR count). The fourth-order valence-electron chi connectivity index (χ4n) is 1.29. The smallest absolute Gasteiger partial charge is 0.186 e. The Balaban J connectivity index is 2.75. The van der Waals surface area contributed by atoms with Crippen molar-refractivity contribution in [2.24, 2.45) is 0 Å². The van der Waals surface area contributed by atoms with Crippen molar-refractivity contribution in [3.8, 4) is 0 Å². The van der Waals surface area contributed by atoms with Gasteiger partial charge in [0, 0.05) is 18.2 Å². The maximum absolute atomic E-state index is 10.8. The summed E-state index contributed by atoms with van der Waals surface area (Å²) in [5.74, 6) is 0.640. The minimum Gasteiger partial charge on any atom is -0.298 e. The molecule has 3 heteroatoms. The third-order valence-corrected chi connectivity index (χ3v) is 2.82. The fourth-order valence-corrected chi connectivity index (χ4v) is 1.71. The monoisotopic (exact) mass is 234 g/mol. The molecule has 84 valence electrons. The van der Waals surface area contributed by atoms with Crippen LogP contribution in [-0.4, -0.2) is 17.2 Å². The molecule has 0 N–H and O–H groups in total. The van der Waals surface area contributed by atoms with E-state index in [0.29, 0.717) is 11.3 Å². The van der Waals surface area contributed by atoms with Gasteiger partial charge >= 0.3 is 0 Å². The van der Waals surface area contributed by atoms with Crippen molar-refractivity contribution in [2.45, 2.75) is 13.8 Å². The van der Waals surface area contributed by atoms with Crippen LogP contribution in [0.4, 0.5) is 0 Å². The lowest BCUT2D eigenvalue weighted by atomic mass is 10.1. The molecule has 0 fully saturated rings. The molecule has 0 spiro atoms. The number of benzene rings is 1. The maximum Gasteiger partial charge on any atom is 0.186 e. The zero-order valence-corrected chi connectivity index (χ0v) is 10.2. The third kappa shape index (κ3) is 4.03. The summed E-state index contributed by atoms with van der Waals surface area (Å²) in [5, 5.41) is 0.101. The number of rotatable bonds is 4. The standard InChI is InChI=1S/C13H14O2S/c1-10-5-6-13(9-14)12(8-10)4-3-7-16-11(2)15/h3-6,8-9H,7H2,1-2H3. The number of carbonyl (C=O) groups excluding carboxylic acids is 2. The second-order valence-corrected chi connectivity index (χ2v) is 4.65. The van der Waals surface area contributed by atoms with Crippen LogP contribution >= 0.6 is 11.8 Å². The van der Waals surface area contributed by atoms with Gasteiger partial charge in [-0.3, -0.25) is 9.59 Å².